The molecule has 35 heavy (non-hydrogen) atoms. The maximum atomic E-state index is 13.2. The van der Waals surface area contributed by atoms with Gasteiger partial charge in [0.1, 0.15) is 17.5 Å². The maximum Gasteiger partial charge on any atom is 0.251 e. The number of rotatable bonds is 7. The Morgan fingerprint density at radius 2 is 1.86 bits per heavy atom. The van der Waals surface area contributed by atoms with Crippen LogP contribution in [0.25, 0.3) is 0 Å². The third-order valence-electron chi connectivity index (χ3n) is 6.09. The van der Waals surface area contributed by atoms with Crippen molar-refractivity contribution in [2.75, 3.05) is 0 Å². The van der Waals surface area contributed by atoms with Crippen molar-refractivity contribution >= 4 is 15.9 Å². The van der Waals surface area contributed by atoms with Crippen LogP contribution in [0.3, 0.4) is 0 Å². The number of nitrogens with one attached hydrogen (secondary N) is 2. The molecule has 9 heteroatoms. The topological polar surface area (TPSA) is 118 Å². The van der Waals surface area contributed by atoms with E-state index in [2.05, 4.69) is 15.0 Å². The minimum Gasteiger partial charge on any atom is -0.485 e. The van der Waals surface area contributed by atoms with Gasteiger partial charge in [-0.15, -0.1) is 0 Å². The van der Waals surface area contributed by atoms with Crippen molar-refractivity contribution in [1.29, 1.82) is 0 Å². The van der Waals surface area contributed by atoms with Crippen molar-refractivity contribution in [3.05, 3.63) is 89.2 Å². The minimum atomic E-state index is -3.96. The number of carbonyl (C=O) groups excluding carboxylic acids is 1. The lowest BCUT2D eigenvalue weighted by Gasteiger charge is -2.42. The van der Waals surface area contributed by atoms with Gasteiger partial charge < -0.3 is 15.2 Å². The fourth-order valence-corrected chi connectivity index (χ4v) is 5.20. The highest BCUT2D eigenvalue weighted by molar-refractivity contribution is 7.89. The Morgan fingerprint density at radius 1 is 1.11 bits per heavy atom. The standard InChI is InChI=1S/C26H29N3O5S/c1-4-17-8-11-20(12-9-17)35(32,33)29-23-21-15-18(10-13-22(21)34-26(2,3)24(23)30)25(31)28-16-19-7-5-6-14-27-19/h5-15,23-24,29-30H,4,16H2,1-3H3,(H,28,31)/t23-,24+/m1/s1. The average molecular weight is 496 g/mol. The molecule has 0 saturated carbocycles. The third-order valence-corrected chi connectivity index (χ3v) is 7.55. The largest absolute Gasteiger partial charge is 0.485 e. The summed E-state index contributed by atoms with van der Waals surface area (Å²) in [5.41, 5.74) is 1.36. The molecule has 0 bridgehead atoms. The van der Waals surface area contributed by atoms with Gasteiger partial charge in [0.05, 0.1) is 23.2 Å². The van der Waals surface area contributed by atoms with Gasteiger partial charge in [0.2, 0.25) is 10.0 Å². The number of benzene rings is 2. The van der Waals surface area contributed by atoms with Crippen LogP contribution < -0.4 is 14.8 Å². The van der Waals surface area contributed by atoms with Crippen LogP contribution in [0.2, 0.25) is 0 Å². The molecule has 3 aromatic rings. The van der Waals surface area contributed by atoms with E-state index in [4.69, 9.17) is 4.74 Å². The maximum absolute atomic E-state index is 13.2. The number of fused-ring (bicyclic) bond motifs is 1. The molecule has 2 atom stereocenters. The predicted octanol–water partition coefficient (Wildman–Crippen LogP) is 3.13. The molecule has 8 nitrogen and oxygen atoms in total. The van der Waals surface area contributed by atoms with Crippen LogP contribution in [0.5, 0.6) is 5.75 Å². The van der Waals surface area contributed by atoms with Crippen LogP contribution >= 0.6 is 0 Å². The van der Waals surface area contributed by atoms with Gasteiger partial charge in [0, 0.05) is 17.3 Å². The zero-order valence-corrected chi connectivity index (χ0v) is 20.7. The van der Waals surface area contributed by atoms with Gasteiger partial charge in [0.15, 0.2) is 0 Å². The second-order valence-electron chi connectivity index (χ2n) is 9.00. The van der Waals surface area contributed by atoms with Crippen LogP contribution in [0.15, 0.2) is 71.8 Å². The average Bonchev–Trinajstić information content (AvgIpc) is 2.85. The Morgan fingerprint density at radius 3 is 2.51 bits per heavy atom. The summed E-state index contributed by atoms with van der Waals surface area (Å²) in [5.74, 6) is 0.0464. The van der Waals surface area contributed by atoms with Gasteiger partial charge in [-0.25, -0.2) is 13.1 Å². The Balaban J connectivity index is 1.63. The summed E-state index contributed by atoms with van der Waals surface area (Å²) in [6, 6.07) is 15.8. The third kappa shape index (κ3) is 5.37. The first-order chi connectivity index (χ1) is 16.6. The molecular formula is C26H29N3O5S. The second kappa shape index (κ2) is 9.77. The zero-order valence-electron chi connectivity index (χ0n) is 19.9. The van der Waals surface area contributed by atoms with E-state index in [1.165, 1.54) is 0 Å². The summed E-state index contributed by atoms with van der Waals surface area (Å²) in [6.45, 7) is 5.60. The van der Waals surface area contributed by atoms with Crippen LogP contribution in [-0.4, -0.2) is 36.1 Å². The smallest absolute Gasteiger partial charge is 0.251 e. The van der Waals surface area contributed by atoms with Crippen LogP contribution in [0.4, 0.5) is 0 Å². The first-order valence-electron chi connectivity index (χ1n) is 11.4. The molecule has 0 unspecified atom stereocenters. The summed E-state index contributed by atoms with van der Waals surface area (Å²) >= 11 is 0. The summed E-state index contributed by atoms with van der Waals surface area (Å²) in [4.78, 5) is 17.1. The van der Waals surface area contributed by atoms with E-state index in [9.17, 15) is 18.3 Å². The van der Waals surface area contributed by atoms with Crippen molar-refractivity contribution in [3.63, 3.8) is 0 Å². The normalized spacial score (nSPS) is 18.9. The number of aliphatic hydroxyl groups excluding tert-OH is 1. The number of aromatic nitrogens is 1. The molecular weight excluding hydrogens is 466 g/mol. The summed E-state index contributed by atoms with van der Waals surface area (Å²) in [5, 5.41) is 13.9. The highest BCUT2D eigenvalue weighted by Crippen LogP contribution is 2.41. The number of ether oxygens (including phenoxy) is 1. The molecule has 3 N–H and O–H groups in total. The molecule has 0 radical (unpaired) electrons. The number of sulfonamides is 1. The first kappa shape index (κ1) is 24.8. The number of hydrogen-bond donors (Lipinski definition) is 3. The number of amides is 1. The fourth-order valence-electron chi connectivity index (χ4n) is 3.98. The first-order valence-corrected chi connectivity index (χ1v) is 12.9. The van der Waals surface area contributed by atoms with E-state index in [0.717, 1.165) is 12.0 Å². The molecule has 0 saturated heterocycles. The lowest BCUT2D eigenvalue weighted by Crippen LogP contribution is -2.53. The molecule has 0 spiro atoms. The Hall–Kier alpha value is -3.27. The fraction of sp³-hybridized carbons (Fsp3) is 0.308. The molecule has 1 aliphatic heterocycles. The number of pyridine rings is 1. The lowest BCUT2D eigenvalue weighted by atomic mass is 9.86. The van der Waals surface area contributed by atoms with Crippen molar-refractivity contribution in [1.82, 2.24) is 15.0 Å². The molecule has 1 aromatic heterocycles. The molecule has 1 amide bonds. The molecule has 1 aliphatic rings. The molecule has 2 aromatic carbocycles. The van der Waals surface area contributed by atoms with Crippen LogP contribution in [-0.2, 0) is 23.0 Å². The number of aryl methyl sites for hydroxylation is 1. The summed E-state index contributed by atoms with van der Waals surface area (Å²) in [7, 11) is -3.96. The molecule has 0 aliphatic carbocycles. The molecule has 0 fully saturated rings. The van der Waals surface area contributed by atoms with Gasteiger partial charge in [-0.3, -0.25) is 9.78 Å². The lowest BCUT2D eigenvalue weighted by molar-refractivity contribution is -0.0603. The van der Waals surface area contributed by atoms with Gasteiger partial charge >= 0.3 is 0 Å². The van der Waals surface area contributed by atoms with Crippen molar-refractivity contribution in [3.8, 4) is 5.75 Å². The van der Waals surface area contributed by atoms with E-state index in [1.807, 2.05) is 13.0 Å². The van der Waals surface area contributed by atoms with E-state index in [1.54, 1.807) is 74.6 Å². The van der Waals surface area contributed by atoms with Gasteiger partial charge in [0.25, 0.3) is 5.91 Å². The molecule has 4 rings (SSSR count). The van der Waals surface area contributed by atoms with Crippen LogP contribution in [0, 0.1) is 0 Å². The van der Waals surface area contributed by atoms with Crippen LogP contribution in [0.1, 0.15) is 54.0 Å². The summed E-state index contributed by atoms with van der Waals surface area (Å²) in [6.07, 6.45) is 1.23. The molecule has 184 valence electrons. The van der Waals surface area contributed by atoms with Crippen molar-refractivity contribution in [2.45, 2.75) is 56.4 Å². The van der Waals surface area contributed by atoms with E-state index in [0.29, 0.717) is 22.6 Å². The number of carbonyl (C=O) groups is 1. The summed E-state index contributed by atoms with van der Waals surface area (Å²) < 4.78 is 35.0. The number of nitrogens with zero attached hydrogens (tertiary/aromatic N) is 1. The Kier molecular flexibility index (Phi) is 6.93. The van der Waals surface area contributed by atoms with E-state index in [-0.39, 0.29) is 17.3 Å². The highest BCUT2D eigenvalue weighted by atomic mass is 32.2. The monoisotopic (exact) mass is 495 g/mol. The van der Waals surface area contributed by atoms with E-state index >= 15 is 0 Å². The quantitative estimate of drug-likeness (QED) is 0.464. The van der Waals surface area contributed by atoms with Crippen molar-refractivity contribution in [2.24, 2.45) is 0 Å². The number of hydrogen-bond acceptors (Lipinski definition) is 6. The zero-order chi connectivity index (χ0) is 25.2. The van der Waals surface area contributed by atoms with Crippen molar-refractivity contribution < 1.29 is 23.1 Å². The predicted molar refractivity (Wildman–Crippen MR) is 131 cm³/mol. The van der Waals surface area contributed by atoms with E-state index < -0.39 is 27.8 Å². The van der Waals surface area contributed by atoms with Gasteiger partial charge in [-0.2, -0.15) is 0 Å². The minimum absolute atomic E-state index is 0.0945. The van der Waals surface area contributed by atoms with Gasteiger partial charge in [-0.05, 0) is 68.3 Å². The Bertz CT molecular complexity index is 1310. The highest BCUT2D eigenvalue weighted by Gasteiger charge is 2.44. The second-order valence-corrected chi connectivity index (χ2v) is 10.7. The van der Waals surface area contributed by atoms with Gasteiger partial charge in [-0.1, -0.05) is 25.1 Å². The SMILES string of the molecule is CCc1ccc(S(=O)(=O)N[C@@H]2c3cc(C(=O)NCc4ccccn4)ccc3OC(C)(C)[C@H]2O)cc1. The molecule has 2 heterocycles. The number of aliphatic hydroxyl groups is 1. The Labute approximate surface area is 205 Å².